The molecule has 1 atom stereocenters. The van der Waals surface area contributed by atoms with Gasteiger partial charge in [-0.2, -0.15) is 0 Å². The normalized spacial score (nSPS) is 16.3. The van der Waals surface area contributed by atoms with Gasteiger partial charge in [-0.25, -0.2) is 0 Å². The van der Waals surface area contributed by atoms with E-state index in [0.717, 1.165) is 88.7 Å². The zero-order valence-corrected chi connectivity index (χ0v) is 31.7. The van der Waals surface area contributed by atoms with Crippen LogP contribution in [0.25, 0.3) is 71.3 Å². The maximum atomic E-state index is 9.86. The zero-order valence-electron chi connectivity index (χ0n) is 37.7. The van der Waals surface area contributed by atoms with Crippen molar-refractivity contribution >= 4 is 60.4 Å². The third-order valence-electron chi connectivity index (χ3n) is 12.7. The predicted octanol–water partition coefficient (Wildman–Crippen LogP) is 14.9. The third kappa shape index (κ3) is 4.40. The van der Waals surface area contributed by atoms with E-state index < -0.39 is 5.41 Å². The fourth-order valence-electron chi connectivity index (χ4n) is 10.3. The van der Waals surface area contributed by atoms with Crippen molar-refractivity contribution in [1.82, 2.24) is 4.57 Å². The summed E-state index contributed by atoms with van der Waals surface area (Å²) < 4.78 is 58.1. The Bertz CT molecular complexity index is 3870. The maximum absolute atomic E-state index is 9.86. The molecule has 2 heteroatoms. The summed E-state index contributed by atoms with van der Waals surface area (Å²) in [7, 11) is 0. The highest BCUT2D eigenvalue weighted by atomic mass is 15.1. The molecule has 13 rings (SSSR count). The minimum Gasteiger partial charge on any atom is -0.310 e. The van der Waals surface area contributed by atoms with E-state index in [1.54, 1.807) is 0 Å². The quantitative estimate of drug-likeness (QED) is 0.174. The summed E-state index contributed by atoms with van der Waals surface area (Å²) in [6.45, 7) is 0. The second kappa shape index (κ2) is 12.2. The van der Waals surface area contributed by atoms with E-state index in [-0.39, 0.29) is 41.6 Å². The molecule has 1 unspecified atom stereocenters. The zero-order chi connectivity index (χ0) is 43.9. The van der Waals surface area contributed by atoms with Crippen LogP contribution >= 0.6 is 0 Å². The van der Waals surface area contributed by atoms with Crippen molar-refractivity contribution in [1.29, 1.82) is 0 Å². The van der Waals surface area contributed by atoms with Gasteiger partial charge in [0.15, 0.2) is 0 Å². The van der Waals surface area contributed by atoms with Gasteiger partial charge in [-0.3, -0.25) is 0 Å². The van der Waals surface area contributed by atoms with Crippen LogP contribution in [0.5, 0.6) is 0 Å². The molecule has 0 amide bonds. The van der Waals surface area contributed by atoms with E-state index in [9.17, 15) is 6.85 Å². The standard InChI is InChI=1S/C57H36N2/c1-2-18-40(19-3-1)59-54-27-11-8-22-47(54)49-35-42(31-33-55(49)59)58(41-29-28-37-14-4-5-15-39(37)34-41)43-30-32-46-44-20-6-9-24-50(44)57(53(46)36-43)51-25-10-7-21-45(51)48-23-12-16-38-17-13-26-52(57)56(38)48/h1-36H/i12D,13D,16D,17D,23D,26D. The Kier molecular flexibility index (Phi) is 5.57. The summed E-state index contributed by atoms with van der Waals surface area (Å²) in [4.78, 5) is 2.30. The van der Waals surface area contributed by atoms with Crippen LogP contribution in [-0.2, 0) is 5.41 Å². The van der Waals surface area contributed by atoms with Gasteiger partial charge in [0, 0.05) is 33.5 Å². The Morgan fingerprint density at radius 1 is 0.390 bits per heavy atom. The lowest BCUT2D eigenvalue weighted by molar-refractivity contribution is 0.773. The van der Waals surface area contributed by atoms with Gasteiger partial charge in [-0.05, 0) is 127 Å². The Balaban J connectivity index is 1.14. The molecule has 1 aromatic heterocycles. The summed E-state index contributed by atoms with van der Waals surface area (Å²) in [6.07, 6.45) is 0. The van der Waals surface area contributed by atoms with Gasteiger partial charge in [0.1, 0.15) is 0 Å². The summed E-state index contributed by atoms with van der Waals surface area (Å²) in [5, 5.41) is 5.05. The van der Waals surface area contributed by atoms with Crippen LogP contribution in [0.1, 0.15) is 30.5 Å². The van der Waals surface area contributed by atoms with E-state index in [4.69, 9.17) is 1.37 Å². The van der Waals surface area contributed by atoms with E-state index in [1.807, 2.05) is 36.4 Å². The van der Waals surface area contributed by atoms with Crippen LogP contribution in [0.3, 0.4) is 0 Å². The molecule has 0 bridgehead atoms. The van der Waals surface area contributed by atoms with Crippen molar-refractivity contribution in [2.24, 2.45) is 0 Å². The number of hydrogen-bond acceptors (Lipinski definition) is 1. The van der Waals surface area contributed by atoms with Gasteiger partial charge in [0.05, 0.1) is 24.7 Å². The molecule has 274 valence electrons. The second-order valence-corrected chi connectivity index (χ2v) is 15.6. The van der Waals surface area contributed by atoms with Crippen LogP contribution in [0.2, 0.25) is 0 Å². The van der Waals surface area contributed by atoms with Gasteiger partial charge in [0.25, 0.3) is 0 Å². The average molecular weight is 755 g/mol. The van der Waals surface area contributed by atoms with Crippen LogP contribution in [0.15, 0.2) is 218 Å². The van der Waals surface area contributed by atoms with E-state index >= 15 is 0 Å². The van der Waals surface area contributed by atoms with E-state index in [1.165, 1.54) is 0 Å². The Labute approximate surface area is 350 Å². The molecule has 1 heterocycles. The number of anilines is 3. The lowest BCUT2D eigenvalue weighted by Gasteiger charge is -2.40. The number of benzene rings is 10. The molecule has 0 saturated heterocycles. The minimum atomic E-state index is -1.17. The molecule has 2 aliphatic carbocycles. The van der Waals surface area contributed by atoms with Crippen molar-refractivity contribution in [3.8, 4) is 27.9 Å². The number of rotatable bonds is 4. The predicted molar refractivity (Wildman–Crippen MR) is 247 cm³/mol. The summed E-state index contributed by atoms with van der Waals surface area (Å²) >= 11 is 0. The fourth-order valence-corrected chi connectivity index (χ4v) is 10.3. The Hall–Kier alpha value is -7.68. The molecule has 1 spiro atoms. The largest absolute Gasteiger partial charge is 0.310 e. The minimum absolute atomic E-state index is 0.116. The number of nitrogens with zero attached hydrogens (tertiary/aromatic N) is 2. The molecule has 11 aromatic rings. The van der Waals surface area contributed by atoms with Gasteiger partial charge < -0.3 is 9.47 Å². The first-order chi connectivity index (χ1) is 31.8. The van der Waals surface area contributed by atoms with Crippen molar-refractivity contribution in [3.63, 3.8) is 0 Å². The molecule has 0 fully saturated rings. The summed E-state index contributed by atoms with van der Waals surface area (Å²) in [5.74, 6) is 0. The molecule has 0 aliphatic heterocycles. The van der Waals surface area contributed by atoms with Gasteiger partial charge in [0.2, 0.25) is 0 Å². The molecule has 10 aromatic carbocycles. The summed E-state index contributed by atoms with van der Waals surface area (Å²) in [5.41, 5.74) is 11.2. The topological polar surface area (TPSA) is 8.17 Å². The molecular formula is C57H36N2. The maximum Gasteiger partial charge on any atom is 0.0726 e. The molecule has 0 radical (unpaired) electrons. The van der Waals surface area contributed by atoms with Crippen molar-refractivity contribution in [2.75, 3.05) is 4.90 Å². The lowest BCUT2D eigenvalue weighted by atomic mass is 9.61. The molecule has 2 nitrogen and oxygen atoms in total. The van der Waals surface area contributed by atoms with Crippen molar-refractivity contribution in [3.05, 3.63) is 240 Å². The van der Waals surface area contributed by atoms with Crippen molar-refractivity contribution in [2.45, 2.75) is 5.41 Å². The van der Waals surface area contributed by atoms with Crippen LogP contribution < -0.4 is 4.90 Å². The Morgan fingerprint density at radius 2 is 1.00 bits per heavy atom. The third-order valence-corrected chi connectivity index (χ3v) is 12.7. The van der Waals surface area contributed by atoms with Crippen LogP contribution in [0, 0.1) is 0 Å². The van der Waals surface area contributed by atoms with Gasteiger partial charge >= 0.3 is 0 Å². The molecular weight excluding hydrogens is 713 g/mol. The number of hydrogen-bond donors (Lipinski definition) is 0. The first kappa shape index (κ1) is 27.0. The first-order valence-corrected chi connectivity index (χ1v) is 20.0. The highest BCUT2D eigenvalue weighted by Crippen LogP contribution is 2.62. The van der Waals surface area contributed by atoms with E-state index in [2.05, 4.69) is 155 Å². The highest BCUT2D eigenvalue weighted by molar-refractivity contribution is 6.11. The number of fused-ring (bicyclic) bond motifs is 13. The van der Waals surface area contributed by atoms with E-state index in [0.29, 0.717) is 16.5 Å². The van der Waals surface area contributed by atoms with Crippen LogP contribution in [-0.4, -0.2) is 4.57 Å². The second-order valence-electron chi connectivity index (χ2n) is 15.6. The number of aromatic nitrogens is 1. The SMILES string of the molecule is [2H]c1c([2H])c2c3c(c([2H])c([2H])c([2H])c3c1[2H])C1(c3ccccc3-c3ccc(N(c4ccc5ccccc5c4)c4ccc5c(c4)c4ccccc4n5-c4ccccc4)cc31)c1ccccc1-2. The lowest BCUT2D eigenvalue weighted by Crippen LogP contribution is -2.32. The van der Waals surface area contributed by atoms with Crippen molar-refractivity contribution < 1.29 is 8.22 Å². The summed E-state index contributed by atoms with van der Waals surface area (Å²) in [6, 6.07) is 62.0. The van der Waals surface area contributed by atoms with Gasteiger partial charge in [-0.15, -0.1) is 0 Å². The average Bonchev–Trinajstić information content (AvgIpc) is 3.83. The fraction of sp³-hybridized carbons (Fsp3) is 0.0175. The molecule has 59 heavy (non-hydrogen) atoms. The smallest absolute Gasteiger partial charge is 0.0726 e. The van der Waals surface area contributed by atoms with Crippen LogP contribution in [0.4, 0.5) is 17.1 Å². The molecule has 0 saturated carbocycles. The number of para-hydroxylation sites is 2. The molecule has 2 aliphatic rings. The monoisotopic (exact) mass is 754 g/mol. The van der Waals surface area contributed by atoms with Gasteiger partial charge in [-0.1, -0.05) is 158 Å². The highest BCUT2D eigenvalue weighted by Gasteiger charge is 2.50. The Morgan fingerprint density at radius 3 is 1.85 bits per heavy atom. The first-order valence-electron chi connectivity index (χ1n) is 23.0. The molecule has 0 N–H and O–H groups in total.